The van der Waals surface area contributed by atoms with Gasteiger partial charge in [0.15, 0.2) is 11.6 Å². The lowest BCUT2D eigenvalue weighted by molar-refractivity contribution is 0.140. The van der Waals surface area contributed by atoms with Crippen molar-refractivity contribution >= 4 is 22.8 Å². The van der Waals surface area contributed by atoms with Crippen molar-refractivity contribution in [1.29, 1.82) is 0 Å². The maximum absolute atomic E-state index is 15.0. The van der Waals surface area contributed by atoms with Crippen molar-refractivity contribution in [3.8, 4) is 11.3 Å². The van der Waals surface area contributed by atoms with Crippen LogP contribution in [0.1, 0.15) is 57.0 Å². The zero-order valence-electron chi connectivity index (χ0n) is 22.8. The third kappa shape index (κ3) is 5.62. The SMILES string of the molecule is Cc1nc2c(F)cc(-c3nc(Nc4ccc(C(C)C5CCN(CCO)CC5)cn4)ncc3F)cc2n1C(C)C. The van der Waals surface area contributed by atoms with Crippen molar-refractivity contribution in [3.05, 3.63) is 59.7 Å². The molecule has 1 fully saturated rings. The monoisotopic (exact) mass is 535 g/mol. The molecule has 0 saturated carbocycles. The quantitative estimate of drug-likeness (QED) is 0.303. The number of hydrogen-bond acceptors (Lipinski definition) is 7. The van der Waals surface area contributed by atoms with E-state index in [-0.39, 0.29) is 29.8 Å². The molecule has 4 aromatic rings. The lowest BCUT2D eigenvalue weighted by atomic mass is 9.82. The van der Waals surface area contributed by atoms with E-state index in [1.807, 2.05) is 43.7 Å². The summed E-state index contributed by atoms with van der Waals surface area (Å²) in [6.45, 7) is 11.0. The van der Waals surface area contributed by atoms with Crippen LogP contribution in [0.2, 0.25) is 0 Å². The van der Waals surface area contributed by atoms with Gasteiger partial charge in [-0.2, -0.15) is 0 Å². The Kier molecular flexibility index (Phi) is 7.86. The topological polar surface area (TPSA) is 92.0 Å². The molecule has 0 aliphatic carbocycles. The molecule has 1 saturated heterocycles. The number of β-amino-alcohol motifs (C(OH)–C–C–N with tert-alkyl or cyclic N) is 1. The molecule has 5 rings (SSSR count). The smallest absolute Gasteiger partial charge is 0.229 e. The van der Waals surface area contributed by atoms with Gasteiger partial charge in [-0.3, -0.25) is 0 Å². The van der Waals surface area contributed by atoms with Crippen LogP contribution in [0.4, 0.5) is 20.5 Å². The Morgan fingerprint density at radius 1 is 1.03 bits per heavy atom. The fourth-order valence-corrected chi connectivity index (χ4v) is 5.64. The third-order valence-electron chi connectivity index (χ3n) is 7.77. The number of aromatic nitrogens is 5. The van der Waals surface area contributed by atoms with Crippen LogP contribution in [0.3, 0.4) is 0 Å². The maximum Gasteiger partial charge on any atom is 0.229 e. The van der Waals surface area contributed by atoms with Gasteiger partial charge in [-0.15, -0.1) is 0 Å². The lowest BCUT2D eigenvalue weighted by Crippen LogP contribution is -2.36. The summed E-state index contributed by atoms with van der Waals surface area (Å²) in [5.41, 5.74) is 2.32. The van der Waals surface area contributed by atoms with Crippen LogP contribution >= 0.6 is 0 Å². The van der Waals surface area contributed by atoms with Gasteiger partial charge in [0.05, 0.1) is 18.3 Å². The molecular weight excluding hydrogens is 500 g/mol. The first-order valence-corrected chi connectivity index (χ1v) is 13.5. The van der Waals surface area contributed by atoms with Crippen LogP contribution in [-0.2, 0) is 0 Å². The molecule has 2 N–H and O–H groups in total. The van der Waals surface area contributed by atoms with Gasteiger partial charge in [0.25, 0.3) is 0 Å². The molecule has 1 aliphatic rings. The molecule has 1 unspecified atom stereocenters. The summed E-state index contributed by atoms with van der Waals surface area (Å²) in [6.07, 6.45) is 5.13. The molecule has 8 nitrogen and oxygen atoms in total. The summed E-state index contributed by atoms with van der Waals surface area (Å²) in [5, 5.41) is 12.2. The second-order valence-electron chi connectivity index (χ2n) is 10.6. The van der Waals surface area contributed by atoms with Gasteiger partial charge in [-0.25, -0.2) is 28.7 Å². The number of fused-ring (bicyclic) bond motifs is 1. The Bertz CT molecular complexity index is 1450. The number of pyridine rings is 1. The van der Waals surface area contributed by atoms with Gasteiger partial charge < -0.3 is 19.9 Å². The van der Waals surface area contributed by atoms with E-state index < -0.39 is 11.6 Å². The molecule has 1 atom stereocenters. The molecule has 4 heterocycles. The van der Waals surface area contributed by atoms with Gasteiger partial charge in [-0.1, -0.05) is 13.0 Å². The average molecular weight is 536 g/mol. The van der Waals surface area contributed by atoms with E-state index in [0.717, 1.165) is 44.2 Å². The number of nitrogens with zero attached hydrogens (tertiary/aromatic N) is 6. The number of aryl methyl sites for hydroxylation is 1. The van der Waals surface area contributed by atoms with Crippen LogP contribution in [0.5, 0.6) is 0 Å². The molecular formula is C29H35F2N7O. The molecule has 1 aromatic carbocycles. The van der Waals surface area contributed by atoms with Crippen molar-refractivity contribution in [1.82, 2.24) is 29.4 Å². The number of aliphatic hydroxyl groups is 1. The highest BCUT2D eigenvalue weighted by Gasteiger charge is 2.25. The number of hydrogen-bond donors (Lipinski definition) is 2. The van der Waals surface area contributed by atoms with E-state index in [1.54, 1.807) is 6.07 Å². The van der Waals surface area contributed by atoms with Crippen LogP contribution in [0.25, 0.3) is 22.3 Å². The number of piperidine rings is 1. The number of imidazole rings is 1. The number of anilines is 2. The van der Waals surface area contributed by atoms with E-state index in [9.17, 15) is 8.78 Å². The van der Waals surface area contributed by atoms with Gasteiger partial charge >= 0.3 is 0 Å². The van der Waals surface area contributed by atoms with E-state index >= 15 is 0 Å². The van der Waals surface area contributed by atoms with Gasteiger partial charge in [-0.05, 0) is 82.3 Å². The minimum atomic E-state index is -0.645. The van der Waals surface area contributed by atoms with Crippen LogP contribution in [0, 0.1) is 24.5 Å². The molecule has 39 heavy (non-hydrogen) atoms. The maximum atomic E-state index is 15.0. The summed E-state index contributed by atoms with van der Waals surface area (Å²) >= 11 is 0. The Labute approximate surface area is 227 Å². The second kappa shape index (κ2) is 11.3. The predicted molar refractivity (Wildman–Crippen MR) is 148 cm³/mol. The van der Waals surface area contributed by atoms with Crippen LogP contribution < -0.4 is 5.32 Å². The largest absolute Gasteiger partial charge is 0.395 e. The molecule has 0 spiro atoms. The molecule has 3 aromatic heterocycles. The zero-order valence-corrected chi connectivity index (χ0v) is 22.8. The lowest BCUT2D eigenvalue weighted by Gasteiger charge is -2.34. The molecule has 206 valence electrons. The standard InChI is InChI=1S/C29H35F2N7O/c1-17(2)38-19(4)34-28-23(30)13-22(14-25(28)38)27-24(31)16-33-29(36-27)35-26-6-5-21(15-32-26)18(3)20-7-9-37(10-8-20)11-12-39/h5-6,13-18,20,39H,7-12H2,1-4H3,(H,32,33,35,36). The summed E-state index contributed by atoms with van der Waals surface area (Å²) in [4.78, 5) is 19.6. The Morgan fingerprint density at radius 3 is 2.46 bits per heavy atom. The fourth-order valence-electron chi connectivity index (χ4n) is 5.64. The fraction of sp³-hybridized carbons (Fsp3) is 0.448. The second-order valence-corrected chi connectivity index (χ2v) is 10.6. The molecule has 0 radical (unpaired) electrons. The highest BCUT2D eigenvalue weighted by Crippen LogP contribution is 2.33. The van der Waals surface area contributed by atoms with Crippen molar-refractivity contribution in [2.75, 3.05) is 31.6 Å². The van der Waals surface area contributed by atoms with Crippen molar-refractivity contribution in [3.63, 3.8) is 0 Å². The number of benzene rings is 1. The Morgan fingerprint density at radius 2 is 1.79 bits per heavy atom. The van der Waals surface area contributed by atoms with Crippen molar-refractivity contribution in [2.45, 2.75) is 52.5 Å². The van der Waals surface area contributed by atoms with E-state index in [0.29, 0.717) is 34.6 Å². The summed E-state index contributed by atoms with van der Waals surface area (Å²) in [7, 11) is 0. The highest BCUT2D eigenvalue weighted by atomic mass is 19.1. The number of aliphatic hydroxyl groups excluding tert-OH is 1. The first-order valence-electron chi connectivity index (χ1n) is 13.5. The van der Waals surface area contributed by atoms with E-state index in [1.165, 1.54) is 6.07 Å². The number of likely N-dealkylation sites (tertiary alicyclic amines) is 1. The van der Waals surface area contributed by atoms with E-state index in [2.05, 4.69) is 37.1 Å². The van der Waals surface area contributed by atoms with Gasteiger partial charge in [0.2, 0.25) is 5.95 Å². The number of nitrogens with one attached hydrogen (secondary N) is 1. The normalized spacial score (nSPS) is 15.8. The Balaban J connectivity index is 1.34. The zero-order chi connectivity index (χ0) is 27.7. The van der Waals surface area contributed by atoms with Crippen molar-refractivity contribution in [2.24, 2.45) is 5.92 Å². The summed E-state index contributed by atoms with van der Waals surface area (Å²) in [5.74, 6) is 1.16. The third-order valence-corrected chi connectivity index (χ3v) is 7.77. The van der Waals surface area contributed by atoms with Crippen molar-refractivity contribution < 1.29 is 13.9 Å². The Hall–Kier alpha value is -3.50. The summed E-state index contributed by atoms with van der Waals surface area (Å²) < 4.78 is 31.7. The first kappa shape index (κ1) is 27.1. The van der Waals surface area contributed by atoms with Crippen LogP contribution in [-0.4, -0.2) is 60.8 Å². The minimum Gasteiger partial charge on any atom is -0.395 e. The number of halogens is 2. The first-order chi connectivity index (χ1) is 18.7. The summed E-state index contributed by atoms with van der Waals surface area (Å²) in [6, 6.07) is 6.96. The van der Waals surface area contributed by atoms with Gasteiger partial charge in [0.1, 0.15) is 22.9 Å². The predicted octanol–water partition coefficient (Wildman–Crippen LogP) is 5.61. The average Bonchev–Trinajstić information content (AvgIpc) is 3.27. The molecule has 10 heteroatoms. The molecule has 0 amide bonds. The van der Waals surface area contributed by atoms with E-state index in [4.69, 9.17) is 5.11 Å². The van der Waals surface area contributed by atoms with Crippen LogP contribution in [0.15, 0.2) is 36.7 Å². The molecule has 0 bridgehead atoms. The molecule has 1 aliphatic heterocycles. The highest BCUT2D eigenvalue weighted by molar-refractivity contribution is 5.83. The minimum absolute atomic E-state index is 0.000224. The number of rotatable bonds is 8. The van der Waals surface area contributed by atoms with Gasteiger partial charge in [0, 0.05) is 24.3 Å².